The van der Waals surface area contributed by atoms with E-state index < -0.39 is 8.32 Å². The predicted octanol–water partition coefficient (Wildman–Crippen LogP) is 2.16. The van der Waals surface area contributed by atoms with E-state index in [0.29, 0.717) is 0 Å². The molecule has 0 N–H and O–H groups in total. The fraction of sp³-hybridized carbons (Fsp3) is 1.00. The first kappa shape index (κ1) is 9.53. The van der Waals surface area contributed by atoms with Crippen LogP contribution in [0.4, 0.5) is 0 Å². The molecule has 0 aromatic carbocycles. The molecule has 0 atom stereocenters. The molecule has 0 unspecified atom stereocenters. The second-order valence-electron chi connectivity index (χ2n) is 2.79. The molecule has 0 amide bonds. The zero-order valence-electron chi connectivity index (χ0n) is 6.48. The molecule has 0 aromatic rings. The number of rotatable bonds is 4. The van der Waals surface area contributed by atoms with Gasteiger partial charge in [0.15, 0.2) is 8.32 Å². The minimum absolute atomic E-state index is 0.986. The van der Waals surface area contributed by atoms with Gasteiger partial charge in [0.05, 0.1) is 0 Å². The van der Waals surface area contributed by atoms with Crippen LogP contribution in [-0.4, -0.2) is 21.2 Å². The summed E-state index contributed by atoms with van der Waals surface area (Å²) in [6.07, 6.45) is 1.19. The van der Waals surface area contributed by atoms with E-state index in [2.05, 4.69) is 25.7 Å². The highest BCUT2D eigenvalue weighted by molar-refractivity contribution is 7.80. The van der Waals surface area contributed by atoms with Crippen molar-refractivity contribution in [2.45, 2.75) is 25.6 Å². The average molecular weight is 164 g/mol. The van der Waals surface area contributed by atoms with Gasteiger partial charge >= 0.3 is 0 Å². The molecular formula is C6H16OSSi. The molecule has 0 aliphatic heterocycles. The quantitative estimate of drug-likeness (QED) is 0.495. The van der Waals surface area contributed by atoms with Crippen LogP contribution < -0.4 is 0 Å². The van der Waals surface area contributed by atoms with Gasteiger partial charge in [0, 0.05) is 7.11 Å². The molecule has 0 radical (unpaired) electrons. The SMILES string of the molecule is CO[Si](C)(C)CCCS. The first-order valence-electron chi connectivity index (χ1n) is 3.28. The fourth-order valence-corrected chi connectivity index (χ4v) is 2.29. The lowest BCUT2D eigenvalue weighted by Crippen LogP contribution is -2.28. The fourth-order valence-electron chi connectivity index (χ4n) is 0.607. The zero-order valence-corrected chi connectivity index (χ0v) is 8.37. The van der Waals surface area contributed by atoms with Gasteiger partial charge in [0.2, 0.25) is 0 Å². The van der Waals surface area contributed by atoms with Crippen molar-refractivity contribution < 1.29 is 4.43 Å². The summed E-state index contributed by atoms with van der Waals surface area (Å²) in [5, 5.41) is 0. The Morgan fingerprint density at radius 3 is 2.33 bits per heavy atom. The summed E-state index contributed by atoms with van der Waals surface area (Å²) in [6, 6.07) is 1.23. The number of hydrogen-bond donors (Lipinski definition) is 1. The van der Waals surface area contributed by atoms with Gasteiger partial charge in [-0.25, -0.2) is 0 Å². The molecule has 0 saturated heterocycles. The van der Waals surface area contributed by atoms with Crippen LogP contribution in [0.25, 0.3) is 0 Å². The highest BCUT2D eigenvalue weighted by Gasteiger charge is 2.18. The third kappa shape index (κ3) is 5.00. The maximum Gasteiger partial charge on any atom is 0.186 e. The molecule has 0 saturated carbocycles. The predicted molar refractivity (Wildman–Crippen MR) is 47.8 cm³/mol. The van der Waals surface area contributed by atoms with E-state index in [-0.39, 0.29) is 0 Å². The standard InChI is InChI=1S/C6H16OSSi/c1-7-9(2,3)6-4-5-8/h8H,4-6H2,1-3H3. The van der Waals surface area contributed by atoms with E-state index in [1.54, 1.807) is 0 Å². The van der Waals surface area contributed by atoms with E-state index in [9.17, 15) is 0 Å². The van der Waals surface area contributed by atoms with Crippen LogP contribution in [-0.2, 0) is 4.43 Å². The summed E-state index contributed by atoms with van der Waals surface area (Å²) >= 11 is 4.14. The molecule has 0 bridgehead atoms. The molecular weight excluding hydrogens is 148 g/mol. The normalized spacial score (nSPS) is 12.0. The van der Waals surface area contributed by atoms with E-state index >= 15 is 0 Å². The highest BCUT2D eigenvalue weighted by Crippen LogP contribution is 2.12. The van der Waals surface area contributed by atoms with Crippen molar-refractivity contribution >= 4 is 20.9 Å². The molecule has 0 spiro atoms. The van der Waals surface area contributed by atoms with Crippen LogP contribution in [0, 0.1) is 0 Å². The lowest BCUT2D eigenvalue weighted by molar-refractivity contribution is 0.403. The molecule has 56 valence electrons. The molecule has 0 heterocycles. The first-order valence-corrected chi connectivity index (χ1v) is 7.03. The van der Waals surface area contributed by atoms with Crippen LogP contribution >= 0.6 is 12.6 Å². The lowest BCUT2D eigenvalue weighted by atomic mass is 10.6. The maximum absolute atomic E-state index is 5.34. The van der Waals surface area contributed by atoms with Crippen molar-refractivity contribution in [3.63, 3.8) is 0 Å². The minimum Gasteiger partial charge on any atom is -0.420 e. The van der Waals surface area contributed by atoms with Crippen LogP contribution in [0.3, 0.4) is 0 Å². The number of thiol groups is 1. The van der Waals surface area contributed by atoms with Crippen LogP contribution in [0.5, 0.6) is 0 Å². The van der Waals surface area contributed by atoms with Gasteiger partial charge < -0.3 is 4.43 Å². The monoisotopic (exact) mass is 164 g/mol. The van der Waals surface area contributed by atoms with Crippen molar-refractivity contribution in [1.82, 2.24) is 0 Å². The van der Waals surface area contributed by atoms with Gasteiger partial charge in [-0.2, -0.15) is 12.6 Å². The summed E-state index contributed by atoms with van der Waals surface area (Å²) < 4.78 is 5.34. The Morgan fingerprint density at radius 1 is 1.44 bits per heavy atom. The minimum atomic E-state index is -1.25. The van der Waals surface area contributed by atoms with Gasteiger partial charge in [-0.15, -0.1) is 0 Å². The molecule has 0 aliphatic rings. The first-order chi connectivity index (χ1) is 4.12. The van der Waals surface area contributed by atoms with E-state index in [4.69, 9.17) is 4.43 Å². The van der Waals surface area contributed by atoms with Crippen molar-refractivity contribution in [3.8, 4) is 0 Å². The molecule has 1 nitrogen and oxygen atoms in total. The van der Waals surface area contributed by atoms with Crippen molar-refractivity contribution in [2.75, 3.05) is 12.9 Å². The summed E-state index contributed by atoms with van der Waals surface area (Å²) in [7, 11) is 0.563. The third-order valence-corrected chi connectivity index (χ3v) is 4.47. The van der Waals surface area contributed by atoms with Crippen LogP contribution in [0.1, 0.15) is 6.42 Å². The second kappa shape index (κ2) is 4.36. The third-order valence-electron chi connectivity index (χ3n) is 1.49. The van der Waals surface area contributed by atoms with Gasteiger partial charge in [0.25, 0.3) is 0 Å². The summed E-state index contributed by atoms with van der Waals surface area (Å²) in [6.45, 7) is 4.47. The summed E-state index contributed by atoms with van der Waals surface area (Å²) in [4.78, 5) is 0. The summed E-state index contributed by atoms with van der Waals surface area (Å²) in [5.74, 6) is 0.986. The Kier molecular flexibility index (Phi) is 4.61. The largest absolute Gasteiger partial charge is 0.420 e. The Morgan fingerprint density at radius 2 is 2.00 bits per heavy atom. The van der Waals surface area contributed by atoms with E-state index in [1.807, 2.05) is 7.11 Å². The Labute approximate surface area is 64.3 Å². The van der Waals surface area contributed by atoms with Crippen molar-refractivity contribution in [3.05, 3.63) is 0 Å². The Hall–Kier alpha value is 0.527. The van der Waals surface area contributed by atoms with E-state index in [1.165, 1.54) is 12.5 Å². The smallest absolute Gasteiger partial charge is 0.186 e. The topological polar surface area (TPSA) is 9.23 Å². The Bertz CT molecular complexity index is 75.5. The van der Waals surface area contributed by atoms with Crippen LogP contribution in [0.15, 0.2) is 0 Å². The second-order valence-corrected chi connectivity index (χ2v) is 7.67. The van der Waals surface area contributed by atoms with Gasteiger partial charge in [0.1, 0.15) is 0 Å². The molecule has 0 rings (SSSR count). The summed E-state index contributed by atoms with van der Waals surface area (Å²) in [5.41, 5.74) is 0. The van der Waals surface area contributed by atoms with Crippen molar-refractivity contribution in [2.24, 2.45) is 0 Å². The molecule has 9 heavy (non-hydrogen) atoms. The molecule has 0 fully saturated rings. The molecule has 0 aromatic heterocycles. The Balaban J connectivity index is 3.33. The number of hydrogen-bond acceptors (Lipinski definition) is 2. The highest BCUT2D eigenvalue weighted by atomic mass is 32.1. The maximum atomic E-state index is 5.34. The molecule has 3 heteroatoms. The van der Waals surface area contributed by atoms with E-state index in [0.717, 1.165) is 5.75 Å². The average Bonchev–Trinajstić information content (AvgIpc) is 1.84. The zero-order chi connectivity index (χ0) is 7.33. The van der Waals surface area contributed by atoms with Crippen molar-refractivity contribution in [1.29, 1.82) is 0 Å². The van der Waals surface area contributed by atoms with Crippen LogP contribution in [0.2, 0.25) is 19.1 Å². The lowest BCUT2D eigenvalue weighted by Gasteiger charge is -2.18. The van der Waals surface area contributed by atoms with Gasteiger partial charge in [-0.3, -0.25) is 0 Å². The molecule has 0 aliphatic carbocycles. The van der Waals surface area contributed by atoms with Gasteiger partial charge in [-0.1, -0.05) is 0 Å². The van der Waals surface area contributed by atoms with Gasteiger partial charge in [-0.05, 0) is 31.3 Å².